The van der Waals surface area contributed by atoms with Gasteiger partial charge in [-0.1, -0.05) is 44.7 Å². The van der Waals surface area contributed by atoms with Crippen molar-refractivity contribution in [2.24, 2.45) is 17.8 Å². The highest BCUT2D eigenvalue weighted by atomic mass is 19.2. The summed E-state index contributed by atoms with van der Waals surface area (Å²) in [6.07, 6.45) is 13.2. The normalized spacial score (nSPS) is 25.6. The number of halogens is 3. The third kappa shape index (κ3) is 5.80. The zero-order valence-electron chi connectivity index (χ0n) is 19.3. The van der Waals surface area contributed by atoms with Crippen LogP contribution < -0.4 is 4.74 Å². The summed E-state index contributed by atoms with van der Waals surface area (Å²) in [4.78, 5) is 12.3. The molecule has 4 rings (SSSR count). The topological polar surface area (TPSA) is 26.3 Å². The summed E-state index contributed by atoms with van der Waals surface area (Å²) in [7, 11) is 0. The first-order valence-corrected chi connectivity index (χ1v) is 12.4. The van der Waals surface area contributed by atoms with Gasteiger partial charge in [0.25, 0.3) is 0 Å². The molecule has 0 aliphatic heterocycles. The van der Waals surface area contributed by atoms with E-state index in [4.69, 9.17) is 4.74 Å². The van der Waals surface area contributed by atoms with E-state index in [-0.39, 0.29) is 5.75 Å². The van der Waals surface area contributed by atoms with Crippen LogP contribution in [0, 0.1) is 35.2 Å². The Morgan fingerprint density at radius 2 is 1.39 bits per heavy atom. The molecule has 0 spiro atoms. The summed E-state index contributed by atoms with van der Waals surface area (Å²) in [6.45, 7) is 2.29. The van der Waals surface area contributed by atoms with Crippen LogP contribution in [0.25, 0.3) is 0 Å². The molecule has 0 heterocycles. The summed E-state index contributed by atoms with van der Waals surface area (Å²) >= 11 is 0. The first-order valence-electron chi connectivity index (χ1n) is 12.4. The summed E-state index contributed by atoms with van der Waals surface area (Å²) in [6, 6.07) is 8.61. The maximum absolute atomic E-state index is 13.3. The van der Waals surface area contributed by atoms with Crippen molar-refractivity contribution in [1.29, 1.82) is 0 Å². The van der Waals surface area contributed by atoms with Crippen LogP contribution in [0.3, 0.4) is 0 Å². The fourth-order valence-corrected chi connectivity index (χ4v) is 5.93. The third-order valence-electron chi connectivity index (χ3n) is 7.81. The van der Waals surface area contributed by atoms with Gasteiger partial charge in [-0.2, -0.15) is 0 Å². The van der Waals surface area contributed by atoms with Crippen LogP contribution in [0.1, 0.15) is 93.0 Å². The van der Waals surface area contributed by atoms with Gasteiger partial charge in [0.1, 0.15) is 5.75 Å². The van der Waals surface area contributed by atoms with E-state index in [2.05, 4.69) is 6.92 Å². The molecule has 178 valence electrons. The van der Waals surface area contributed by atoms with Gasteiger partial charge in [-0.05, 0) is 79.9 Å². The molecule has 2 saturated carbocycles. The van der Waals surface area contributed by atoms with E-state index in [1.807, 2.05) is 12.1 Å². The number of benzene rings is 2. The van der Waals surface area contributed by atoms with E-state index >= 15 is 0 Å². The van der Waals surface area contributed by atoms with Crippen molar-refractivity contribution < 1.29 is 22.7 Å². The zero-order valence-corrected chi connectivity index (χ0v) is 19.3. The van der Waals surface area contributed by atoms with Gasteiger partial charge in [0.15, 0.2) is 17.5 Å². The minimum absolute atomic E-state index is 0.293. The third-order valence-corrected chi connectivity index (χ3v) is 7.81. The predicted molar refractivity (Wildman–Crippen MR) is 123 cm³/mol. The van der Waals surface area contributed by atoms with E-state index in [0.29, 0.717) is 23.6 Å². The minimum Gasteiger partial charge on any atom is -0.423 e. The lowest BCUT2D eigenvalue weighted by Crippen LogP contribution is -2.25. The summed E-state index contributed by atoms with van der Waals surface area (Å²) < 4.78 is 44.8. The molecule has 2 nitrogen and oxygen atoms in total. The highest BCUT2D eigenvalue weighted by Crippen LogP contribution is 2.44. The molecule has 2 fully saturated rings. The highest BCUT2D eigenvalue weighted by Gasteiger charge is 2.31. The molecule has 2 aromatic carbocycles. The van der Waals surface area contributed by atoms with Gasteiger partial charge >= 0.3 is 5.97 Å². The van der Waals surface area contributed by atoms with E-state index in [9.17, 15) is 18.0 Å². The van der Waals surface area contributed by atoms with Crippen molar-refractivity contribution in [2.45, 2.75) is 77.0 Å². The SMILES string of the molecule is CCC[C@H]1CC[C@H](C2CCC(c3ccc(C(=O)Oc4cc(F)c(F)c(F)c4)cc3)CC2)CC1. The molecule has 2 aliphatic carbocycles. The lowest BCUT2D eigenvalue weighted by Gasteiger charge is -2.38. The molecule has 0 bridgehead atoms. The smallest absolute Gasteiger partial charge is 0.343 e. The fourth-order valence-electron chi connectivity index (χ4n) is 5.93. The van der Waals surface area contributed by atoms with E-state index in [1.54, 1.807) is 12.1 Å². The second-order valence-corrected chi connectivity index (χ2v) is 9.89. The first kappa shape index (κ1) is 23.8. The maximum atomic E-state index is 13.3. The van der Waals surface area contributed by atoms with Crippen molar-refractivity contribution >= 4 is 5.97 Å². The number of hydrogen-bond acceptors (Lipinski definition) is 2. The largest absolute Gasteiger partial charge is 0.423 e. The van der Waals surface area contributed by atoms with Crippen LogP contribution in [-0.4, -0.2) is 5.97 Å². The van der Waals surface area contributed by atoms with Gasteiger partial charge in [-0.3, -0.25) is 0 Å². The van der Waals surface area contributed by atoms with Crippen LogP contribution in [0.4, 0.5) is 13.2 Å². The summed E-state index contributed by atoms with van der Waals surface area (Å²) in [5.41, 5.74) is 1.51. The number of carbonyl (C=O) groups excluding carboxylic acids is 1. The van der Waals surface area contributed by atoms with Gasteiger partial charge in [-0.25, -0.2) is 18.0 Å². The number of ether oxygens (including phenoxy) is 1. The second kappa shape index (κ2) is 10.8. The van der Waals surface area contributed by atoms with Gasteiger partial charge in [0.05, 0.1) is 5.56 Å². The molecule has 2 aliphatic rings. The van der Waals surface area contributed by atoms with Crippen LogP contribution in [-0.2, 0) is 0 Å². The molecular formula is C28H33F3O2. The molecule has 0 aromatic heterocycles. The number of esters is 1. The van der Waals surface area contributed by atoms with E-state index in [0.717, 1.165) is 17.8 Å². The van der Waals surface area contributed by atoms with Gasteiger partial charge in [0.2, 0.25) is 0 Å². The van der Waals surface area contributed by atoms with Crippen molar-refractivity contribution in [3.8, 4) is 5.75 Å². The predicted octanol–water partition coefficient (Wildman–Crippen LogP) is 8.20. The average molecular weight is 459 g/mol. The van der Waals surface area contributed by atoms with Crippen molar-refractivity contribution in [2.75, 3.05) is 0 Å². The first-order chi connectivity index (χ1) is 15.9. The molecule has 0 radical (unpaired) electrons. The number of carbonyl (C=O) groups is 1. The molecule has 0 unspecified atom stereocenters. The van der Waals surface area contributed by atoms with Crippen LogP contribution in [0.5, 0.6) is 5.75 Å². The fraction of sp³-hybridized carbons (Fsp3) is 0.536. The average Bonchev–Trinajstić information content (AvgIpc) is 2.83. The molecule has 0 amide bonds. The number of rotatable bonds is 6. The molecule has 0 N–H and O–H groups in total. The molecule has 2 aromatic rings. The standard InChI is InChI=1S/C28H33F3O2/c1-2-3-18-4-6-19(7-5-18)20-8-10-21(11-9-20)22-12-14-23(15-13-22)28(32)33-24-16-25(29)27(31)26(30)17-24/h12-21H,2-11H2,1H3/t18-,19-,20?,21?. The quantitative estimate of drug-likeness (QED) is 0.248. The maximum Gasteiger partial charge on any atom is 0.343 e. The second-order valence-electron chi connectivity index (χ2n) is 9.89. The van der Waals surface area contributed by atoms with Crippen molar-refractivity contribution in [3.63, 3.8) is 0 Å². The van der Waals surface area contributed by atoms with Crippen LogP contribution in [0.2, 0.25) is 0 Å². The lowest BCUT2D eigenvalue weighted by atomic mass is 9.68. The molecule has 5 heteroatoms. The Kier molecular flexibility index (Phi) is 7.77. The zero-order chi connectivity index (χ0) is 23.4. The Labute approximate surface area is 194 Å². The minimum atomic E-state index is -1.59. The molecule has 0 saturated heterocycles. The Morgan fingerprint density at radius 3 is 1.94 bits per heavy atom. The van der Waals surface area contributed by atoms with Crippen LogP contribution in [0.15, 0.2) is 36.4 Å². The van der Waals surface area contributed by atoms with Gasteiger partial charge in [-0.15, -0.1) is 0 Å². The van der Waals surface area contributed by atoms with E-state index in [1.165, 1.54) is 69.8 Å². The number of hydrogen-bond donors (Lipinski definition) is 0. The monoisotopic (exact) mass is 458 g/mol. The van der Waals surface area contributed by atoms with Crippen molar-refractivity contribution in [1.82, 2.24) is 0 Å². The molecule has 33 heavy (non-hydrogen) atoms. The van der Waals surface area contributed by atoms with Gasteiger partial charge in [0, 0.05) is 12.1 Å². The van der Waals surface area contributed by atoms with E-state index < -0.39 is 23.4 Å². The molecular weight excluding hydrogens is 425 g/mol. The lowest BCUT2D eigenvalue weighted by molar-refractivity contribution is 0.0733. The Hall–Kier alpha value is -2.30. The Morgan fingerprint density at radius 1 is 0.848 bits per heavy atom. The van der Waals surface area contributed by atoms with Crippen molar-refractivity contribution in [3.05, 3.63) is 65.0 Å². The highest BCUT2D eigenvalue weighted by molar-refractivity contribution is 5.91. The van der Waals surface area contributed by atoms with Gasteiger partial charge < -0.3 is 4.74 Å². The Balaban J connectivity index is 1.29. The summed E-state index contributed by atoms with van der Waals surface area (Å²) in [5.74, 6) is -2.24. The summed E-state index contributed by atoms with van der Waals surface area (Å²) in [5, 5.41) is 0. The van der Waals surface area contributed by atoms with Crippen LogP contribution >= 0.6 is 0 Å². The molecule has 0 atom stereocenters. The Bertz CT molecular complexity index is 917.